The van der Waals surface area contributed by atoms with Gasteiger partial charge in [0.25, 0.3) is 0 Å². The number of carbonyl (C=O) groups is 2. The molecule has 1 amide bonds. The van der Waals surface area contributed by atoms with E-state index in [4.69, 9.17) is 10.5 Å². The van der Waals surface area contributed by atoms with Gasteiger partial charge in [-0.05, 0) is 55.3 Å². The number of benzene rings is 2. The summed E-state index contributed by atoms with van der Waals surface area (Å²) < 4.78 is 5.91. The number of anilines is 4. The number of likely N-dealkylation sites (tertiary alicyclic amines) is 1. The molecule has 3 heterocycles. The van der Waals surface area contributed by atoms with Crippen molar-refractivity contribution in [3.8, 4) is 11.5 Å². The van der Waals surface area contributed by atoms with Crippen molar-refractivity contribution >= 4 is 35.2 Å². The molecule has 2 aliphatic heterocycles. The van der Waals surface area contributed by atoms with Gasteiger partial charge in [0, 0.05) is 18.8 Å². The minimum atomic E-state index is -0.686. The lowest BCUT2D eigenvalue weighted by Crippen LogP contribution is -2.55. The second kappa shape index (κ2) is 9.46. The van der Waals surface area contributed by atoms with Crippen LogP contribution in [-0.2, 0) is 9.59 Å². The van der Waals surface area contributed by atoms with E-state index in [2.05, 4.69) is 16.5 Å². The second-order valence-electron chi connectivity index (χ2n) is 8.45. The second-order valence-corrected chi connectivity index (χ2v) is 8.45. The lowest BCUT2D eigenvalue weighted by molar-refractivity contribution is -0.127. The number of hydrogen-bond acceptors (Lipinski definition) is 8. The van der Waals surface area contributed by atoms with Gasteiger partial charge >= 0.3 is 0 Å². The number of fused-ring (bicyclic) bond motifs is 1. The topological polar surface area (TPSA) is 105 Å². The van der Waals surface area contributed by atoms with Crippen LogP contribution in [0.5, 0.6) is 11.5 Å². The maximum atomic E-state index is 12.5. The summed E-state index contributed by atoms with van der Waals surface area (Å²) in [7, 11) is 0. The first-order valence-corrected chi connectivity index (χ1v) is 11.5. The van der Waals surface area contributed by atoms with Crippen LogP contribution < -0.4 is 20.3 Å². The highest BCUT2D eigenvalue weighted by Gasteiger charge is 2.44. The van der Waals surface area contributed by atoms with Gasteiger partial charge in [-0.1, -0.05) is 24.8 Å². The third kappa shape index (κ3) is 4.16. The maximum absolute atomic E-state index is 12.5. The van der Waals surface area contributed by atoms with Crippen molar-refractivity contribution in [2.75, 3.05) is 28.6 Å². The van der Waals surface area contributed by atoms with Crippen LogP contribution in [0.2, 0.25) is 0 Å². The van der Waals surface area contributed by atoms with Crippen LogP contribution in [-0.4, -0.2) is 52.4 Å². The third-order valence-electron chi connectivity index (χ3n) is 6.36. The Labute approximate surface area is 203 Å². The lowest BCUT2D eigenvalue weighted by atomic mass is 10.0. The van der Waals surface area contributed by atoms with Gasteiger partial charge in [0.05, 0.1) is 6.04 Å². The Bertz CT molecular complexity index is 1230. The molecule has 9 heteroatoms. The van der Waals surface area contributed by atoms with Crippen LogP contribution in [0, 0.1) is 0 Å². The molecule has 2 atom stereocenters. The van der Waals surface area contributed by atoms with Gasteiger partial charge < -0.3 is 25.2 Å². The molecule has 0 radical (unpaired) electrons. The van der Waals surface area contributed by atoms with Crippen molar-refractivity contribution in [3.05, 3.63) is 73.6 Å². The van der Waals surface area contributed by atoms with Gasteiger partial charge in [-0.3, -0.25) is 9.59 Å². The number of aromatic nitrogens is 2. The van der Waals surface area contributed by atoms with E-state index in [0.29, 0.717) is 30.3 Å². The minimum Gasteiger partial charge on any atom is -0.457 e. The number of rotatable bonds is 6. The van der Waals surface area contributed by atoms with E-state index in [1.807, 2.05) is 64.4 Å². The Morgan fingerprint density at radius 1 is 1.09 bits per heavy atom. The number of aldehydes is 1. The summed E-state index contributed by atoms with van der Waals surface area (Å²) in [6.45, 7) is 4.73. The Kier molecular flexibility index (Phi) is 6.05. The molecule has 5 rings (SSSR count). The molecule has 1 unspecified atom stereocenters. The van der Waals surface area contributed by atoms with Gasteiger partial charge in [0.1, 0.15) is 23.5 Å². The fourth-order valence-corrected chi connectivity index (χ4v) is 4.79. The summed E-state index contributed by atoms with van der Waals surface area (Å²) in [6, 6.07) is 16.8. The van der Waals surface area contributed by atoms with Crippen LogP contribution in [0.3, 0.4) is 0 Å². The van der Waals surface area contributed by atoms with Crippen LogP contribution in [0.4, 0.5) is 23.0 Å². The van der Waals surface area contributed by atoms with E-state index < -0.39 is 6.17 Å². The highest BCUT2D eigenvalue weighted by Crippen LogP contribution is 2.47. The first-order valence-electron chi connectivity index (χ1n) is 11.5. The predicted molar refractivity (Wildman–Crippen MR) is 134 cm³/mol. The predicted octanol–water partition coefficient (Wildman–Crippen LogP) is 3.51. The number of carbonyl (C=O) groups excluding carboxylic acids is 2. The first kappa shape index (κ1) is 22.4. The van der Waals surface area contributed by atoms with E-state index in [9.17, 15) is 9.59 Å². The minimum absolute atomic E-state index is 0.110. The molecular weight excluding hydrogens is 444 g/mol. The SMILES string of the molecule is C=CC(=O)N1CCC[C@@H](N2c3ncnc(N)c3N(c3ccc(Oc4ccccc4)cc3)C2C=O)C1. The summed E-state index contributed by atoms with van der Waals surface area (Å²) in [5, 5.41) is 0. The quantitative estimate of drug-likeness (QED) is 0.431. The number of nitrogens with two attached hydrogens (primary N) is 1. The van der Waals surface area contributed by atoms with Gasteiger partial charge in [-0.25, -0.2) is 9.97 Å². The number of ether oxygens (including phenoxy) is 1. The van der Waals surface area contributed by atoms with Crippen LogP contribution in [0.15, 0.2) is 73.6 Å². The van der Waals surface area contributed by atoms with Crippen molar-refractivity contribution in [1.29, 1.82) is 0 Å². The summed E-state index contributed by atoms with van der Waals surface area (Å²) in [5.74, 6) is 2.14. The summed E-state index contributed by atoms with van der Waals surface area (Å²) in [6.07, 6.45) is 4.54. The molecule has 0 aliphatic carbocycles. The Hall–Kier alpha value is -4.40. The number of para-hydroxylation sites is 1. The molecule has 1 aromatic heterocycles. The molecule has 1 saturated heterocycles. The van der Waals surface area contributed by atoms with E-state index in [1.165, 1.54) is 12.4 Å². The average Bonchev–Trinajstić information content (AvgIpc) is 3.25. The molecule has 1 fully saturated rings. The van der Waals surface area contributed by atoms with Gasteiger partial charge in [-0.2, -0.15) is 0 Å². The molecule has 9 nitrogen and oxygen atoms in total. The van der Waals surface area contributed by atoms with E-state index in [-0.39, 0.29) is 17.8 Å². The number of nitrogens with zero attached hydrogens (tertiary/aromatic N) is 5. The molecule has 2 aromatic carbocycles. The van der Waals surface area contributed by atoms with E-state index in [1.54, 1.807) is 4.90 Å². The van der Waals surface area contributed by atoms with Crippen LogP contribution in [0.1, 0.15) is 12.8 Å². The lowest BCUT2D eigenvalue weighted by Gasteiger charge is -2.40. The van der Waals surface area contributed by atoms with Crippen molar-refractivity contribution in [2.45, 2.75) is 25.0 Å². The molecule has 2 aliphatic rings. The number of piperidine rings is 1. The fraction of sp³-hybridized carbons (Fsp3) is 0.231. The molecular formula is C26H26N6O3. The zero-order chi connectivity index (χ0) is 24.4. The summed E-state index contributed by atoms with van der Waals surface area (Å²) >= 11 is 0. The highest BCUT2D eigenvalue weighted by atomic mass is 16.5. The third-order valence-corrected chi connectivity index (χ3v) is 6.36. The van der Waals surface area contributed by atoms with Gasteiger partial charge in [0.2, 0.25) is 5.91 Å². The van der Waals surface area contributed by atoms with E-state index >= 15 is 0 Å². The highest BCUT2D eigenvalue weighted by molar-refractivity contribution is 5.94. The Morgan fingerprint density at radius 3 is 2.54 bits per heavy atom. The summed E-state index contributed by atoms with van der Waals surface area (Å²) in [5.41, 5.74) is 7.63. The van der Waals surface area contributed by atoms with Crippen LogP contribution in [0.25, 0.3) is 0 Å². The normalized spacial score (nSPS) is 19.3. The number of amides is 1. The number of nitrogen functional groups attached to an aromatic ring is 1. The standard InChI is InChI=1S/C26H26N6O3/c1-2-23(34)30-14-6-7-19(15-30)32-22(16-33)31(24-25(27)28-17-29-26(24)32)18-10-12-21(13-11-18)35-20-8-4-3-5-9-20/h2-5,8-13,16-17,19,22H,1,6-7,14-15H2,(H2,27,28,29)/t19-,22?/m1/s1. The fourth-order valence-electron chi connectivity index (χ4n) is 4.79. The van der Waals surface area contributed by atoms with Gasteiger partial charge in [-0.15, -0.1) is 0 Å². The molecule has 3 aromatic rings. The van der Waals surface area contributed by atoms with Crippen LogP contribution >= 0.6 is 0 Å². The van der Waals surface area contributed by atoms with Crippen molar-refractivity contribution in [1.82, 2.24) is 14.9 Å². The van der Waals surface area contributed by atoms with Crippen molar-refractivity contribution in [2.24, 2.45) is 0 Å². The maximum Gasteiger partial charge on any atom is 0.246 e. The monoisotopic (exact) mass is 470 g/mol. The molecule has 35 heavy (non-hydrogen) atoms. The van der Waals surface area contributed by atoms with Crippen molar-refractivity contribution in [3.63, 3.8) is 0 Å². The zero-order valence-corrected chi connectivity index (χ0v) is 19.2. The Balaban J connectivity index is 1.48. The van der Waals surface area contributed by atoms with E-state index in [0.717, 1.165) is 30.6 Å². The molecule has 178 valence electrons. The molecule has 2 N–H and O–H groups in total. The average molecular weight is 471 g/mol. The molecule has 0 bridgehead atoms. The number of hydrogen-bond donors (Lipinski definition) is 1. The first-order chi connectivity index (χ1) is 17.1. The largest absolute Gasteiger partial charge is 0.457 e. The van der Waals surface area contributed by atoms with Crippen molar-refractivity contribution < 1.29 is 14.3 Å². The summed E-state index contributed by atoms with van der Waals surface area (Å²) in [4.78, 5) is 39.0. The van der Waals surface area contributed by atoms with Gasteiger partial charge in [0.15, 0.2) is 24.1 Å². The smallest absolute Gasteiger partial charge is 0.246 e. The molecule has 0 spiro atoms. The Morgan fingerprint density at radius 2 is 1.83 bits per heavy atom. The molecule has 0 saturated carbocycles. The zero-order valence-electron chi connectivity index (χ0n) is 19.2.